The van der Waals surface area contributed by atoms with Crippen LogP contribution in [0.15, 0.2) is 30.3 Å². The molecule has 2 aliphatic heterocycles. The van der Waals surface area contributed by atoms with Crippen LogP contribution in [-0.2, 0) is 9.53 Å². The van der Waals surface area contributed by atoms with Crippen LogP contribution in [0.25, 0.3) is 0 Å². The Morgan fingerprint density at radius 1 is 1.05 bits per heavy atom. The molecule has 0 aliphatic carbocycles. The van der Waals surface area contributed by atoms with Crippen molar-refractivity contribution in [3.8, 4) is 0 Å². The number of hydrogen-bond acceptors (Lipinski definition) is 3. The van der Waals surface area contributed by atoms with E-state index in [1.807, 2.05) is 23.1 Å². The van der Waals surface area contributed by atoms with E-state index >= 15 is 0 Å². The summed E-state index contributed by atoms with van der Waals surface area (Å²) in [5.74, 6) is 0.0276. The Labute approximate surface area is 124 Å². The minimum atomic E-state index is -0.309. The second-order valence-corrected chi connectivity index (χ2v) is 5.46. The minimum absolute atomic E-state index is 0.0419. The van der Waals surface area contributed by atoms with Gasteiger partial charge < -0.3 is 14.5 Å². The fourth-order valence-electron chi connectivity index (χ4n) is 3.01. The predicted octanol–water partition coefficient (Wildman–Crippen LogP) is 1.15. The topological polar surface area (TPSA) is 49.9 Å². The third kappa shape index (κ3) is 2.93. The lowest BCUT2D eigenvalue weighted by atomic mass is 10.1. The van der Waals surface area contributed by atoms with Gasteiger partial charge in [-0.3, -0.25) is 9.59 Å². The van der Waals surface area contributed by atoms with Crippen molar-refractivity contribution in [3.05, 3.63) is 35.9 Å². The first-order valence-corrected chi connectivity index (χ1v) is 7.50. The highest BCUT2D eigenvalue weighted by Gasteiger charge is 2.37. The second kappa shape index (κ2) is 6.26. The normalized spacial score (nSPS) is 22.4. The van der Waals surface area contributed by atoms with Crippen LogP contribution in [0.3, 0.4) is 0 Å². The summed E-state index contributed by atoms with van der Waals surface area (Å²) in [6.07, 6.45) is 1.65. The van der Waals surface area contributed by atoms with Crippen molar-refractivity contribution in [1.82, 2.24) is 9.80 Å². The maximum Gasteiger partial charge on any atom is 0.254 e. The van der Waals surface area contributed by atoms with Crippen LogP contribution < -0.4 is 0 Å². The summed E-state index contributed by atoms with van der Waals surface area (Å²) in [7, 11) is 0. The van der Waals surface area contributed by atoms with Crippen molar-refractivity contribution < 1.29 is 14.3 Å². The van der Waals surface area contributed by atoms with Crippen molar-refractivity contribution in [2.24, 2.45) is 0 Å². The molecule has 5 nitrogen and oxygen atoms in total. The highest BCUT2D eigenvalue weighted by atomic mass is 16.5. The van der Waals surface area contributed by atoms with Gasteiger partial charge in [-0.05, 0) is 25.0 Å². The van der Waals surface area contributed by atoms with Gasteiger partial charge >= 0.3 is 0 Å². The molecule has 2 saturated heterocycles. The quantitative estimate of drug-likeness (QED) is 0.820. The molecule has 2 amide bonds. The maximum atomic E-state index is 12.6. The van der Waals surface area contributed by atoms with Gasteiger partial charge in [0.1, 0.15) is 6.04 Å². The van der Waals surface area contributed by atoms with Crippen molar-refractivity contribution in [2.45, 2.75) is 18.9 Å². The van der Waals surface area contributed by atoms with E-state index in [2.05, 4.69) is 0 Å². The molecule has 0 N–H and O–H groups in total. The summed E-state index contributed by atoms with van der Waals surface area (Å²) in [6.45, 7) is 3.09. The minimum Gasteiger partial charge on any atom is -0.378 e. The van der Waals surface area contributed by atoms with E-state index < -0.39 is 0 Å². The highest BCUT2D eigenvalue weighted by molar-refractivity contribution is 5.97. The lowest BCUT2D eigenvalue weighted by molar-refractivity contribution is -0.139. The number of nitrogens with zero attached hydrogens (tertiary/aromatic N) is 2. The molecule has 2 heterocycles. The number of rotatable bonds is 2. The number of ether oxygens (including phenoxy) is 1. The molecule has 5 heteroatoms. The molecule has 0 aromatic heterocycles. The number of hydrogen-bond donors (Lipinski definition) is 0. The monoisotopic (exact) mass is 288 g/mol. The SMILES string of the molecule is O=C([C@H]1CCCN1C(=O)c1ccccc1)N1CCOCC1. The van der Waals surface area contributed by atoms with Gasteiger partial charge in [0, 0.05) is 25.2 Å². The van der Waals surface area contributed by atoms with Crippen LogP contribution >= 0.6 is 0 Å². The van der Waals surface area contributed by atoms with Crippen molar-refractivity contribution in [2.75, 3.05) is 32.8 Å². The number of likely N-dealkylation sites (tertiary alicyclic amines) is 1. The second-order valence-electron chi connectivity index (χ2n) is 5.46. The van der Waals surface area contributed by atoms with Gasteiger partial charge in [0.2, 0.25) is 5.91 Å². The van der Waals surface area contributed by atoms with E-state index in [9.17, 15) is 9.59 Å². The molecule has 2 fully saturated rings. The van der Waals surface area contributed by atoms with Gasteiger partial charge in [0.25, 0.3) is 5.91 Å². The van der Waals surface area contributed by atoms with E-state index in [0.29, 0.717) is 38.4 Å². The van der Waals surface area contributed by atoms with Crippen LogP contribution in [0.2, 0.25) is 0 Å². The zero-order valence-corrected chi connectivity index (χ0v) is 12.0. The van der Waals surface area contributed by atoms with E-state index in [4.69, 9.17) is 4.74 Å². The summed E-state index contributed by atoms with van der Waals surface area (Å²) in [5.41, 5.74) is 0.652. The zero-order chi connectivity index (χ0) is 14.7. The van der Waals surface area contributed by atoms with Crippen molar-refractivity contribution in [1.29, 1.82) is 0 Å². The van der Waals surface area contributed by atoms with Crippen LogP contribution in [-0.4, -0.2) is 60.5 Å². The van der Waals surface area contributed by atoms with Crippen molar-refractivity contribution in [3.63, 3.8) is 0 Å². The Balaban J connectivity index is 1.73. The molecule has 0 radical (unpaired) electrons. The Hall–Kier alpha value is -1.88. The zero-order valence-electron chi connectivity index (χ0n) is 12.0. The maximum absolute atomic E-state index is 12.6. The summed E-state index contributed by atoms with van der Waals surface area (Å²) < 4.78 is 5.28. The highest BCUT2D eigenvalue weighted by Crippen LogP contribution is 2.22. The predicted molar refractivity (Wildman–Crippen MR) is 77.9 cm³/mol. The van der Waals surface area contributed by atoms with Gasteiger partial charge in [-0.1, -0.05) is 18.2 Å². The van der Waals surface area contributed by atoms with Crippen LogP contribution in [0.5, 0.6) is 0 Å². The molecule has 3 rings (SSSR count). The van der Waals surface area contributed by atoms with Gasteiger partial charge in [-0.15, -0.1) is 0 Å². The third-order valence-electron chi connectivity index (χ3n) is 4.14. The molecular formula is C16H20N2O3. The molecular weight excluding hydrogens is 268 g/mol. The molecule has 0 spiro atoms. The lowest BCUT2D eigenvalue weighted by Crippen LogP contribution is -2.51. The van der Waals surface area contributed by atoms with Crippen molar-refractivity contribution >= 4 is 11.8 Å². The molecule has 112 valence electrons. The van der Waals surface area contributed by atoms with E-state index in [0.717, 1.165) is 12.8 Å². The van der Waals surface area contributed by atoms with Gasteiger partial charge in [-0.2, -0.15) is 0 Å². The first kappa shape index (κ1) is 14.1. The van der Waals surface area contributed by atoms with Crippen LogP contribution in [0.1, 0.15) is 23.2 Å². The molecule has 1 atom stereocenters. The Morgan fingerprint density at radius 2 is 1.76 bits per heavy atom. The first-order chi connectivity index (χ1) is 10.3. The van der Waals surface area contributed by atoms with E-state index in [1.165, 1.54) is 0 Å². The Kier molecular flexibility index (Phi) is 4.20. The molecule has 0 saturated carbocycles. The number of morpholine rings is 1. The summed E-state index contributed by atoms with van der Waals surface area (Å²) in [5, 5.41) is 0. The fraction of sp³-hybridized carbons (Fsp3) is 0.500. The number of benzene rings is 1. The van der Waals surface area contributed by atoms with Gasteiger partial charge in [-0.25, -0.2) is 0 Å². The Morgan fingerprint density at radius 3 is 2.48 bits per heavy atom. The molecule has 0 unspecified atom stereocenters. The van der Waals surface area contributed by atoms with E-state index in [1.54, 1.807) is 17.0 Å². The molecule has 21 heavy (non-hydrogen) atoms. The third-order valence-corrected chi connectivity index (χ3v) is 4.14. The first-order valence-electron chi connectivity index (χ1n) is 7.50. The average molecular weight is 288 g/mol. The van der Waals surface area contributed by atoms with E-state index in [-0.39, 0.29) is 17.9 Å². The van der Waals surface area contributed by atoms with Crippen LogP contribution in [0, 0.1) is 0 Å². The molecule has 0 bridgehead atoms. The van der Waals surface area contributed by atoms with Gasteiger partial charge in [0.15, 0.2) is 0 Å². The molecule has 1 aromatic rings. The summed E-state index contributed by atoms with van der Waals surface area (Å²) in [4.78, 5) is 28.8. The van der Waals surface area contributed by atoms with Gasteiger partial charge in [0.05, 0.1) is 13.2 Å². The Bertz CT molecular complexity index is 512. The summed E-state index contributed by atoms with van der Waals surface area (Å²) >= 11 is 0. The standard InChI is InChI=1S/C16H20N2O3/c19-15(13-5-2-1-3-6-13)18-8-4-7-14(18)16(20)17-9-11-21-12-10-17/h1-3,5-6,14H,4,7-12H2/t14-/m1/s1. The lowest BCUT2D eigenvalue weighted by Gasteiger charge is -2.32. The number of amides is 2. The molecule has 2 aliphatic rings. The van der Waals surface area contributed by atoms with Crippen LogP contribution in [0.4, 0.5) is 0 Å². The molecule has 1 aromatic carbocycles. The smallest absolute Gasteiger partial charge is 0.254 e. The number of carbonyl (C=O) groups is 2. The fourth-order valence-corrected chi connectivity index (χ4v) is 3.01. The summed E-state index contributed by atoms with van der Waals surface area (Å²) in [6, 6.07) is 8.88. The largest absolute Gasteiger partial charge is 0.378 e. The average Bonchev–Trinajstić information content (AvgIpc) is 3.04. The number of carbonyl (C=O) groups excluding carboxylic acids is 2.